The lowest BCUT2D eigenvalue weighted by Crippen LogP contribution is -2.28. The quantitative estimate of drug-likeness (QED) is 0.113. The molecule has 0 amide bonds. The molecule has 0 spiro atoms. The van der Waals surface area contributed by atoms with Gasteiger partial charge in [0.1, 0.15) is 11.5 Å². The molecule has 1 aliphatic rings. The molecule has 1 aliphatic carbocycles. The third kappa shape index (κ3) is 4.69. The minimum absolute atomic E-state index is 0.0943. The smallest absolute Gasteiger partial charge is 0.138 e. The van der Waals surface area contributed by atoms with Crippen molar-refractivity contribution in [3.05, 3.63) is 156 Å². The highest BCUT2D eigenvalue weighted by Crippen LogP contribution is 2.56. The Morgan fingerprint density at radius 1 is 0.442 bits per heavy atom. The zero-order chi connectivity index (χ0) is 29.6. The van der Waals surface area contributed by atoms with Crippen molar-refractivity contribution < 1.29 is 10.2 Å². The van der Waals surface area contributed by atoms with Gasteiger partial charge in [0.2, 0.25) is 0 Å². The van der Waals surface area contributed by atoms with Gasteiger partial charge in [0.15, 0.2) is 0 Å². The summed E-state index contributed by atoms with van der Waals surface area (Å²) < 4.78 is 0. The first-order chi connectivity index (χ1) is 20.9. The van der Waals surface area contributed by atoms with E-state index in [0.717, 1.165) is 19.6 Å². The van der Waals surface area contributed by atoms with E-state index in [-0.39, 0.29) is 11.5 Å². The van der Waals surface area contributed by atoms with E-state index in [4.69, 9.17) is 11.5 Å². The summed E-state index contributed by atoms with van der Waals surface area (Å²) in [6.07, 6.45) is 0. The Morgan fingerprint density at radius 2 is 0.814 bits per heavy atom. The Hall–Kier alpha value is -4.78. The monoisotopic (exact) mass is 596 g/mol. The van der Waals surface area contributed by atoms with E-state index < -0.39 is 5.41 Å². The van der Waals surface area contributed by atoms with Gasteiger partial charge in [0, 0.05) is 19.6 Å². The first kappa shape index (κ1) is 27.1. The first-order valence-electron chi connectivity index (χ1n) is 13.9. The highest BCUT2D eigenvalue weighted by molar-refractivity contribution is 7.99. The number of anilines is 2. The predicted molar refractivity (Wildman–Crippen MR) is 177 cm³/mol. The molecule has 0 aromatic heterocycles. The molecule has 7 rings (SSSR count). The highest BCUT2D eigenvalue weighted by Gasteiger charge is 2.45. The fourth-order valence-electron chi connectivity index (χ4n) is 6.03. The number of benzene rings is 6. The Morgan fingerprint density at radius 3 is 1.21 bits per heavy atom. The summed E-state index contributed by atoms with van der Waals surface area (Å²) in [6.45, 7) is 0. The van der Waals surface area contributed by atoms with E-state index in [1.54, 1.807) is 47.8 Å². The Labute approximate surface area is 259 Å². The summed E-state index contributed by atoms with van der Waals surface area (Å²) in [4.78, 5) is 4.11. The lowest BCUT2D eigenvalue weighted by molar-refractivity contribution is 0.477. The van der Waals surface area contributed by atoms with Gasteiger partial charge >= 0.3 is 0 Å². The summed E-state index contributed by atoms with van der Waals surface area (Å²) in [6, 6.07) is 45.6. The molecule has 6 aromatic rings. The van der Waals surface area contributed by atoms with Crippen LogP contribution >= 0.6 is 23.5 Å². The van der Waals surface area contributed by atoms with Gasteiger partial charge in [-0.1, -0.05) is 96.3 Å². The fraction of sp³-hybridized carbons (Fsp3) is 0.0270. The number of nitrogen functional groups attached to an aromatic ring is 2. The van der Waals surface area contributed by atoms with Crippen molar-refractivity contribution in [2.75, 3.05) is 11.5 Å². The van der Waals surface area contributed by atoms with Gasteiger partial charge in [-0.2, -0.15) is 0 Å². The molecule has 0 fully saturated rings. The standard InChI is InChI=1S/C37H28N2O2S2/c38-33-21-27(17-19-35(33)40)42-25-13-9-23(10-14-25)37(31-7-3-1-5-29(31)30-6-2-4-8-32(30)37)24-11-15-26(16-12-24)43-28-18-20-36(41)34(39)22-28/h1-22,40-41H,38-39H2. The zero-order valence-corrected chi connectivity index (χ0v) is 24.7. The highest BCUT2D eigenvalue weighted by atomic mass is 32.2. The molecule has 0 heterocycles. The number of fused-ring (bicyclic) bond motifs is 3. The summed E-state index contributed by atoms with van der Waals surface area (Å²) in [5, 5.41) is 19.7. The van der Waals surface area contributed by atoms with Crippen LogP contribution in [0.3, 0.4) is 0 Å². The summed E-state index contributed by atoms with van der Waals surface area (Å²) >= 11 is 3.23. The van der Waals surface area contributed by atoms with Gasteiger partial charge in [0.25, 0.3) is 0 Å². The molecular weight excluding hydrogens is 569 g/mol. The summed E-state index contributed by atoms with van der Waals surface area (Å²) in [5.74, 6) is 0.189. The molecule has 0 radical (unpaired) electrons. The maximum Gasteiger partial charge on any atom is 0.138 e. The van der Waals surface area contributed by atoms with Crippen LogP contribution in [0.5, 0.6) is 11.5 Å². The van der Waals surface area contributed by atoms with Crippen LogP contribution in [0.1, 0.15) is 22.3 Å². The summed E-state index contributed by atoms with van der Waals surface area (Å²) in [5.41, 5.74) is 19.5. The molecule has 0 atom stereocenters. The van der Waals surface area contributed by atoms with Gasteiger partial charge < -0.3 is 21.7 Å². The van der Waals surface area contributed by atoms with Crippen LogP contribution in [0.4, 0.5) is 11.4 Å². The maximum absolute atomic E-state index is 9.83. The number of hydrogen-bond acceptors (Lipinski definition) is 6. The lowest BCUT2D eigenvalue weighted by Gasteiger charge is -2.34. The SMILES string of the molecule is Nc1cc(Sc2ccc(C3(c4ccc(Sc5ccc(O)c(N)c5)cc4)c4ccccc4-c4ccccc43)cc2)ccc1O. The molecular formula is C37H28N2O2S2. The third-order valence-electron chi connectivity index (χ3n) is 8.00. The van der Waals surface area contributed by atoms with Crippen LogP contribution in [0.25, 0.3) is 11.1 Å². The van der Waals surface area contributed by atoms with Crippen LogP contribution in [0, 0.1) is 0 Å². The topological polar surface area (TPSA) is 92.5 Å². The van der Waals surface area contributed by atoms with E-state index in [9.17, 15) is 10.2 Å². The summed E-state index contributed by atoms with van der Waals surface area (Å²) in [7, 11) is 0. The molecule has 43 heavy (non-hydrogen) atoms. The minimum atomic E-state index is -0.495. The van der Waals surface area contributed by atoms with Gasteiger partial charge in [-0.05, 0) is 94.0 Å². The fourth-order valence-corrected chi connectivity index (χ4v) is 7.77. The normalized spacial score (nSPS) is 12.9. The molecule has 6 N–H and O–H groups in total. The predicted octanol–water partition coefficient (Wildman–Crippen LogP) is 8.93. The van der Waals surface area contributed by atoms with Crippen molar-refractivity contribution in [3.63, 3.8) is 0 Å². The third-order valence-corrected chi connectivity index (χ3v) is 9.99. The number of nitrogens with two attached hydrogens (primary N) is 2. The van der Waals surface area contributed by atoms with E-state index in [2.05, 4.69) is 97.1 Å². The van der Waals surface area contributed by atoms with E-state index in [1.165, 1.54) is 33.4 Å². The second-order valence-corrected chi connectivity index (χ2v) is 12.8. The number of rotatable bonds is 6. The molecule has 0 bridgehead atoms. The van der Waals surface area contributed by atoms with Crippen molar-refractivity contribution in [1.82, 2.24) is 0 Å². The van der Waals surface area contributed by atoms with Crippen molar-refractivity contribution in [1.29, 1.82) is 0 Å². The minimum Gasteiger partial charge on any atom is -0.506 e. The van der Waals surface area contributed by atoms with E-state index >= 15 is 0 Å². The van der Waals surface area contributed by atoms with Crippen LogP contribution in [-0.4, -0.2) is 10.2 Å². The number of hydrogen-bond donors (Lipinski definition) is 4. The number of aromatic hydroxyl groups is 2. The Bertz CT molecular complexity index is 1830. The molecule has 6 aromatic carbocycles. The zero-order valence-electron chi connectivity index (χ0n) is 23.1. The number of phenolic OH excluding ortho intramolecular Hbond substituents is 2. The van der Waals surface area contributed by atoms with Crippen molar-refractivity contribution in [2.24, 2.45) is 0 Å². The largest absolute Gasteiger partial charge is 0.506 e. The van der Waals surface area contributed by atoms with Crippen LogP contribution < -0.4 is 11.5 Å². The molecule has 0 saturated carbocycles. The van der Waals surface area contributed by atoms with E-state index in [0.29, 0.717) is 11.4 Å². The van der Waals surface area contributed by atoms with Crippen molar-refractivity contribution in [3.8, 4) is 22.6 Å². The molecule has 6 heteroatoms. The van der Waals surface area contributed by atoms with Crippen LogP contribution in [0.2, 0.25) is 0 Å². The van der Waals surface area contributed by atoms with Gasteiger partial charge in [-0.3, -0.25) is 0 Å². The molecule has 0 unspecified atom stereocenters. The molecule has 0 saturated heterocycles. The Kier molecular flexibility index (Phi) is 6.80. The van der Waals surface area contributed by atoms with Crippen LogP contribution in [-0.2, 0) is 5.41 Å². The van der Waals surface area contributed by atoms with Crippen molar-refractivity contribution >= 4 is 34.9 Å². The first-order valence-corrected chi connectivity index (χ1v) is 15.5. The Balaban J connectivity index is 1.33. The van der Waals surface area contributed by atoms with E-state index in [1.807, 2.05) is 12.1 Å². The van der Waals surface area contributed by atoms with Gasteiger partial charge in [-0.25, -0.2) is 0 Å². The lowest BCUT2D eigenvalue weighted by atomic mass is 9.68. The average Bonchev–Trinajstić information content (AvgIpc) is 3.33. The van der Waals surface area contributed by atoms with Gasteiger partial charge in [0.05, 0.1) is 16.8 Å². The van der Waals surface area contributed by atoms with Gasteiger partial charge in [-0.15, -0.1) is 0 Å². The molecule has 210 valence electrons. The van der Waals surface area contributed by atoms with Crippen LogP contribution in [0.15, 0.2) is 153 Å². The molecule has 0 aliphatic heterocycles. The average molecular weight is 597 g/mol. The van der Waals surface area contributed by atoms with Crippen molar-refractivity contribution in [2.45, 2.75) is 25.0 Å². The second kappa shape index (κ2) is 10.8. The maximum atomic E-state index is 9.83. The molecule has 4 nitrogen and oxygen atoms in total. The number of phenols is 2. The second-order valence-electron chi connectivity index (χ2n) is 10.5.